The molecule has 3 heteroatoms. The van der Waals surface area contributed by atoms with Crippen molar-refractivity contribution < 1.29 is 0 Å². The lowest BCUT2D eigenvalue weighted by atomic mass is 9.84. The molecule has 1 fully saturated rings. The van der Waals surface area contributed by atoms with Gasteiger partial charge in [0.25, 0.3) is 0 Å². The van der Waals surface area contributed by atoms with E-state index >= 15 is 0 Å². The van der Waals surface area contributed by atoms with Crippen molar-refractivity contribution >= 4 is 11.3 Å². The van der Waals surface area contributed by atoms with E-state index in [2.05, 4.69) is 29.5 Å². The van der Waals surface area contributed by atoms with Gasteiger partial charge in [-0.1, -0.05) is 26.2 Å². The molecule has 2 rings (SSSR count). The topological polar surface area (TPSA) is 24.9 Å². The van der Waals surface area contributed by atoms with Crippen molar-refractivity contribution in [1.82, 2.24) is 10.3 Å². The van der Waals surface area contributed by atoms with Crippen LogP contribution in [0.1, 0.15) is 49.7 Å². The minimum absolute atomic E-state index is 0.841. The van der Waals surface area contributed by atoms with Gasteiger partial charge in [-0.15, -0.1) is 11.3 Å². The lowest BCUT2D eigenvalue weighted by Crippen LogP contribution is -2.28. The Hall–Kier alpha value is -0.410. The van der Waals surface area contributed by atoms with Crippen molar-refractivity contribution in [2.45, 2.75) is 52.4 Å². The van der Waals surface area contributed by atoms with E-state index in [9.17, 15) is 0 Å². The highest BCUT2D eigenvalue weighted by Gasteiger charge is 2.24. The molecule has 102 valence electrons. The van der Waals surface area contributed by atoms with Gasteiger partial charge in [0.1, 0.15) is 0 Å². The molecule has 0 aliphatic heterocycles. The molecule has 1 N–H and O–H groups in total. The summed E-state index contributed by atoms with van der Waals surface area (Å²) in [4.78, 5) is 4.65. The number of hydrogen-bond acceptors (Lipinski definition) is 3. The summed E-state index contributed by atoms with van der Waals surface area (Å²) in [6.45, 7) is 6.61. The third-order valence-corrected chi connectivity index (χ3v) is 4.93. The number of thiazole rings is 1. The van der Waals surface area contributed by atoms with Crippen molar-refractivity contribution in [1.29, 1.82) is 0 Å². The molecule has 0 saturated heterocycles. The van der Waals surface area contributed by atoms with Gasteiger partial charge in [0, 0.05) is 5.38 Å². The van der Waals surface area contributed by atoms with Crippen molar-refractivity contribution in [2.24, 2.45) is 11.8 Å². The molecule has 18 heavy (non-hydrogen) atoms. The molecule has 2 unspecified atom stereocenters. The van der Waals surface area contributed by atoms with E-state index in [0.29, 0.717) is 0 Å². The largest absolute Gasteiger partial charge is 0.317 e. The monoisotopic (exact) mass is 266 g/mol. The lowest BCUT2D eigenvalue weighted by Gasteiger charge is -2.24. The van der Waals surface area contributed by atoms with Gasteiger partial charge in [-0.3, -0.25) is 0 Å². The predicted molar refractivity (Wildman–Crippen MR) is 79.2 cm³/mol. The minimum atomic E-state index is 0.841. The first-order valence-corrected chi connectivity index (χ1v) is 8.29. The zero-order chi connectivity index (χ0) is 12.8. The lowest BCUT2D eigenvalue weighted by molar-refractivity contribution is 0.298. The summed E-state index contributed by atoms with van der Waals surface area (Å²) < 4.78 is 0. The van der Waals surface area contributed by atoms with Gasteiger partial charge in [-0.05, 0) is 51.1 Å². The van der Waals surface area contributed by atoms with E-state index in [-0.39, 0.29) is 0 Å². The van der Waals surface area contributed by atoms with Crippen LogP contribution in [0.15, 0.2) is 5.38 Å². The highest BCUT2D eigenvalue weighted by molar-refractivity contribution is 7.09. The van der Waals surface area contributed by atoms with Crippen molar-refractivity contribution in [2.75, 3.05) is 13.1 Å². The summed E-state index contributed by atoms with van der Waals surface area (Å²) in [6, 6.07) is 0. The molecule has 2 atom stereocenters. The molecule has 0 spiro atoms. The molecular weight excluding hydrogens is 240 g/mol. The quantitative estimate of drug-likeness (QED) is 0.820. The van der Waals surface area contributed by atoms with Crippen LogP contribution in [0.25, 0.3) is 0 Å². The summed E-state index contributed by atoms with van der Waals surface area (Å²) in [5.74, 6) is 1.70. The van der Waals surface area contributed by atoms with E-state index in [4.69, 9.17) is 0 Å². The highest BCUT2D eigenvalue weighted by Crippen LogP contribution is 2.31. The first-order valence-electron chi connectivity index (χ1n) is 7.41. The molecule has 1 aliphatic carbocycles. The summed E-state index contributed by atoms with van der Waals surface area (Å²) >= 11 is 1.79. The average molecular weight is 266 g/mol. The molecule has 1 aliphatic rings. The first kappa shape index (κ1) is 14.0. The van der Waals surface area contributed by atoms with Gasteiger partial charge >= 0.3 is 0 Å². The third kappa shape index (κ3) is 4.06. The van der Waals surface area contributed by atoms with Crippen LogP contribution >= 0.6 is 11.3 Å². The summed E-state index contributed by atoms with van der Waals surface area (Å²) in [7, 11) is 0. The highest BCUT2D eigenvalue weighted by atomic mass is 32.1. The number of aromatic nitrogens is 1. The van der Waals surface area contributed by atoms with Gasteiger partial charge < -0.3 is 5.32 Å². The zero-order valence-corrected chi connectivity index (χ0v) is 12.6. The molecule has 0 bridgehead atoms. The summed E-state index contributed by atoms with van der Waals surface area (Å²) in [5.41, 5.74) is 1.32. The number of nitrogens with one attached hydrogen (secondary N) is 1. The Morgan fingerprint density at radius 1 is 1.28 bits per heavy atom. The minimum Gasteiger partial charge on any atom is -0.317 e. The fourth-order valence-electron chi connectivity index (χ4n) is 3.10. The molecule has 0 radical (unpaired) electrons. The fraction of sp³-hybridized carbons (Fsp3) is 0.800. The Labute approximate surface area is 115 Å². The summed E-state index contributed by atoms with van der Waals surface area (Å²) in [5, 5.41) is 7.01. The third-order valence-electron chi connectivity index (χ3n) is 4.11. The summed E-state index contributed by atoms with van der Waals surface area (Å²) in [6.07, 6.45) is 8.25. The van der Waals surface area contributed by atoms with Crippen molar-refractivity contribution in [3.05, 3.63) is 16.1 Å². The van der Waals surface area contributed by atoms with Gasteiger partial charge in [0.2, 0.25) is 0 Å². The van der Waals surface area contributed by atoms with Crippen LogP contribution in [0, 0.1) is 18.8 Å². The number of nitrogens with zero attached hydrogens (tertiary/aromatic N) is 1. The molecule has 1 saturated carbocycles. The predicted octanol–water partition coefficient (Wildman–Crippen LogP) is 3.80. The molecule has 2 nitrogen and oxygen atoms in total. The van der Waals surface area contributed by atoms with Crippen LogP contribution in [0.3, 0.4) is 0 Å². The second kappa shape index (κ2) is 7.25. The molecular formula is C15H26N2S. The van der Waals surface area contributed by atoms with E-state index < -0.39 is 0 Å². The van der Waals surface area contributed by atoms with E-state index in [1.165, 1.54) is 55.8 Å². The van der Waals surface area contributed by atoms with Crippen LogP contribution in [0.2, 0.25) is 0 Å². The number of rotatable bonds is 5. The normalized spacial score (nSPS) is 25.0. The smallest absolute Gasteiger partial charge is 0.0897 e. The average Bonchev–Trinajstić information content (AvgIpc) is 2.64. The fourth-order valence-corrected chi connectivity index (χ4v) is 3.72. The molecule has 1 aromatic heterocycles. The van der Waals surface area contributed by atoms with E-state index in [1.54, 1.807) is 11.3 Å². The van der Waals surface area contributed by atoms with Gasteiger partial charge in [0.05, 0.1) is 10.7 Å². The first-order chi connectivity index (χ1) is 8.79. The number of aryl methyl sites for hydroxylation is 1. The second-order valence-corrected chi connectivity index (χ2v) is 6.59. The Balaban J connectivity index is 1.96. The maximum atomic E-state index is 4.65. The van der Waals surface area contributed by atoms with Crippen LogP contribution < -0.4 is 5.32 Å². The zero-order valence-electron chi connectivity index (χ0n) is 11.7. The van der Waals surface area contributed by atoms with E-state index in [1.807, 2.05) is 0 Å². The molecule has 0 aromatic carbocycles. The van der Waals surface area contributed by atoms with E-state index in [0.717, 1.165) is 18.4 Å². The van der Waals surface area contributed by atoms with Gasteiger partial charge in [0.15, 0.2) is 0 Å². The van der Waals surface area contributed by atoms with Crippen LogP contribution in [-0.2, 0) is 6.42 Å². The molecule has 1 aromatic rings. The van der Waals surface area contributed by atoms with Gasteiger partial charge in [-0.25, -0.2) is 4.98 Å². The van der Waals surface area contributed by atoms with Crippen LogP contribution in [0.5, 0.6) is 0 Å². The maximum Gasteiger partial charge on any atom is 0.0897 e. The van der Waals surface area contributed by atoms with Crippen molar-refractivity contribution in [3.63, 3.8) is 0 Å². The Morgan fingerprint density at radius 2 is 2.06 bits per heavy atom. The maximum absolute atomic E-state index is 4.65. The molecule has 1 heterocycles. The molecule has 0 amide bonds. The standard InChI is InChI=1S/C15H26N2S/c1-3-16-10-14-8-6-4-5-7-13(14)9-15-11-18-12(2)17-15/h11,13-14,16H,3-10H2,1-2H3. The van der Waals surface area contributed by atoms with Crippen LogP contribution in [-0.4, -0.2) is 18.1 Å². The Kier molecular flexibility index (Phi) is 5.64. The van der Waals surface area contributed by atoms with Gasteiger partial charge in [-0.2, -0.15) is 0 Å². The number of hydrogen-bond donors (Lipinski definition) is 1. The Morgan fingerprint density at radius 3 is 2.72 bits per heavy atom. The second-order valence-electron chi connectivity index (χ2n) is 5.53. The van der Waals surface area contributed by atoms with Crippen LogP contribution in [0.4, 0.5) is 0 Å². The Bertz CT molecular complexity index is 348. The van der Waals surface area contributed by atoms with Crippen molar-refractivity contribution in [3.8, 4) is 0 Å². The SMILES string of the molecule is CCNCC1CCCCCC1Cc1csc(C)n1.